The molecule has 1 aliphatic heterocycles. The fourth-order valence-electron chi connectivity index (χ4n) is 2.79. The molecule has 1 saturated carbocycles. The Labute approximate surface area is 124 Å². The molecule has 1 aromatic rings. The van der Waals surface area contributed by atoms with Crippen LogP contribution in [0.25, 0.3) is 0 Å². The molecule has 0 aromatic carbocycles. The van der Waals surface area contributed by atoms with Gasteiger partial charge in [-0.1, -0.05) is 6.42 Å². The lowest BCUT2D eigenvalue weighted by atomic mass is 9.84. The van der Waals surface area contributed by atoms with Crippen LogP contribution >= 0.6 is 0 Å². The molecule has 21 heavy (non-hydrogen) atoms. The van der Waals surface area contributed by atoms with Gasteiger partial charge in [0.2, 0.25) is 5.91 Å². The van der Waals surface area contributed by atoms with Crippen LogP contribution in [0.1, 0.15) is 42.6 Å². The van der Waals surface area contributed by atoms with Crippen LogP contribution in [-0.4, -0.2) is 45.8 Å². The van der Waals surface area contributed by atoms with E-state index in [9.17, 15) is 9.59 Å². The first-order chi connectivity index (χ1) is 10.2. The molecule has 0 bridgehead atoms. The van der Waals surface area contributed by atoms with E-state index in [1.807, 2.05) is 0 Å². The summed E-state index contributed by atoms with van der Waals surface area (Å²) in [6, 6.07) is 0.198. The summed E-state index contributed by atoms with van der Waals surface area (Å²) < 4.78 is 0. The molecule has 0 atom stereocenters. The molecule has 112 valence electrons. The number of amides is 2. The zero-order valence-corrected chi connectivity index (χ0v) is 12.0. The third-order valence-electron chi connectivity index (χ3n) is 4.39. The van der Waals surface area contributed by atoms with E-state index in [1.54, 1.807) is 11.1 Å². The number of piperidine rings is 1. The zero-order chi connectivity index (χ0) is 14.7. The van der Waals surface area contributed by atoms with Crippen molar-refractivity contribution in [3.8, 4) is 0 Å². The Hall–Kier alpha value is -1.98. The van der Waals surface area contributed by atoms with E-state index in [4.69, 9.17) is 0 Å². The minimum Gasteiger partial charge on any atom is -0.353 e. The van der Waals surface area contributed by atoms with Gasteiger partial charge in [0.15, 0.2) is 0 Å². The number of rotatable bonds is 3. The molecule has 0 unspecified atom stereocenters. The zero-order valence-electron chi connectivity index (χ0n) is 12.0. The summed E-state index contributed by atoms with van der Waals surface area (Å²) in [5.41, 5.74) is 0.384. The predicted octanol–water partition coefficient (Wildman–Crippen LogP) is 0.997. The first kappa shape index (κ1) is 14.0. The summed E-state index contributed by atoms with van der Waals surface area (Å²) >= 11 is 0. The maximum absolute atomic E-state index is 12.2. The van der Waals surface area contributed by atoms with E-state index in [2.05, 4.69) is 15.3 Å². The van der Waals surface area contributed by atoms with Crippen LogP contribution in [0.3, 0.4) is 0 Å². The Morgan fingerprint density at radius 1 is 1.14 bits per heavy atom. The van der Waals surface area contributed by atoms with Gasteiger partial charge in [-0.05, 0) is 25.7 Å². The first-order valence-corrected chi connectivity index (χ1v) is 7.59. The molecular formula is C15H20N4O2. The number of aromatic nitrogens is 2. The number of carbonyl (C=O) groups is 2. The second-order valence-corrected chi connectivity index (χ2v) is 5.79. The molecule has 6 heteroatoms. The highest BCUT2D eigenvalue weighted by atomic mass is 16.2. The lowest BCUT2D eigenvalue weighted by molar-refractivity contribution is -0.128. The van der Waals surface area contributed by atoms with Crippen LogP contribution < -0.4 is 5.32 Å². The smallest absolute Gasteiger partial charge is 0.274 e. The molecule has 1 N–H and O–H groups in total. The topological polar surface area (TPSA) is 75.2 Å². The first-order valence-electron chi connectivity index (χ1n) is 7.59. The van der Waals surface area contributed by atoms with Crippen LogP contribution in [0.2, 0.25) is 0 Å². The van der Waals surface area contributed by atoms with Gasteiger partial charge >= 0.3 is 0 Å². The number of nitrogens with zero attached hydrogens (tertiary/aromatic N) is 3. The van der Waals surface area contributed by atoms with Crippen LogP contribution in [0.4, 0.5) is 0 Å². The van der Waals surface area contributed by atoms with Crippen molar-refractivity contribution >= 4 is 11.8 Å². The molecule has 0 spiro atoms. The normalized spacial score (nSPS) is 19.9. The Bertz CT molecular complexity index is 508. The number of carbonyl (C=O) groups excluding carboxylic acids is 2. The average molecular weight is 288 g/mol. The van der Waals surface area contributed by atoms with Crippen molar-refractivity contribution < 1.29 is 9.59 Å². The van der Waals surface area contributed by atoms with Gasteiger partial charge in [0.05, 0.1) is 6.20 Å². The fourth-order valence-corrected chi connectivity index (χ4v) is 2.79. The SMILES string of the molecule is O=C(NC1CCN(C(=O)c2cnccn2)CC1)C1CCC1. The summed E-state index contributed by atoms with van der Waals surface area (Å²) in [6.07, 6.45) is 9.41. The standard InChI is InChI=1S/C15H20N4O2/c20-14(11-2-1-3-11)18-12-4-8-19(9-5-12)15(21)13-10-16-6-7-17-13/h6-7,10-12H,1-5,8-9H2,(H,18,20). The van der Waals surface area contributed by atoms with Crippen molar-refractivity contribution in [2.45, 2.75) is 38.1 Å². The van der Waals surface area contributed by atoms with Crippen molar-refractivity contribution in [1.29, 1.82) is 0 Å². The lowest BCUT2D eigenvalue weighted by Gasteiger charge is -2.34. The van der Waals surface area contributed by atoms with E-state index in [0.717, 1.165) is 25.7 Å². The van der Waals surface area contributed by atoms with Gasteiger partial charge in [-0.25, -0.2) is 4.98 Å². The second-order valence-electron chi connectivity index (χ2n) is 5.79. The van der Waals surface area contributed by atoms with Crippen LogP contribution in [0, 0.1) is 5.92 Å². The highest BCUT2D eigenvalue weighted by Crippen LogP contribution is 2.26. The summed E-state index contributed by atoms with van der Waals surface area (Å²) in [5.74, 6) is 0.344. The molecule has 2 aliphatic rings. The molecule has 2 heterocycles. The number of hydrogen-bond acceptors (Lipinski definition) is 4. The highest BCUT2D eigenvalue weighted by molar-refractivity contribution is 5.92. The van der Waals surface area contributed by atoms with E-state index in [0.29, 0.717) is 18.8 Å². The fraction of sp³-hybridized carbons (Fsp3) is 0.600. The van der Waals surface area contributed by atoms with Gasteiger partial charge in [-0.3, -0.25) is 14.6 Å². The molecule has 1 aliphatic carbocycles. The van der Waals surface area contributed by atoms with E-state index >= 15 is 0 Å². The van der Waals surface area contributed by atoms with Crippen molar-refractivity contribution in [2.75, 3.05) is 13.1 Å². The Kier molecular flexibility index (Phi) is 4.13. The monoisotopic (exact) mass is 288 g/mol. The molecule has 6 nitrogen and oxygen atoms in total. The van der Waals surface area contributed by atoms with Crippen molar-refractivity contribution in [3.05, 3.63) is 24.3 Å². The number of likely N-dealkylation sites (tertiary alicyclic amines) is 1. The van der Waals surface area contributed by atoms with Gasteiger partial charge < -0.3 is 10.2 Å². The van der Waals surface area contributed by atoms with Crippen LogP contribution in [0.15, 0.2) is 18.6 Å². The van der Waals surface area contributed by atoms with Gasteiger partial charge in [0.1, 0.15) is 5.69 Å². The highest BCUT2D eigenvalue weighted by Gasteiger charge is 2.29. The largest absolute Gasteiger partial charge is 0.353 e. The predicted molar refractivity (Wildman–Crippen MR) is 76.4 cm³/mol. The maximum atomic E-state index is 12.2. The molecule has 1 aromatic heterocycles. The van der Waals surface area contributed by atoms with E-state index in [1.165, 1.54) is 18.8 Å². The Morgan fingerprint density at radius 3 is 2.48 bits per heavy atom. The third kappa shape index (κ3) is 3.20. The van der Waals surface area contributed by atoms with Gasteiger partial charge in [0.25, 0.3) is 5.91 Å². The van der Waals surface area contributed by atoms with Gasteiger partial charge in [-0.15, -0.1) is 0 Å². The van der Waals surface area contributed by atoms with Crippen LogP contribution in [-0.2, 0) is 4.79 Å². The quantitative estimate of drug-likeness (QED) is 0.900. The van der Waals surface area contributed by atoms with Crippen molar-refractivity contribution in [2.24, 2.45) is 5.92 Å². The number of hydrogen-bond donors (Lipinski definition) is 1. The third-order valence-corrected chi connectivity index (χ3v) is 4.39. The van der Waals surface area contributed by atoms with Crippen molar-refractivity contribution in [1.82, 2.24) is 20.2 Å². The molecule has 2 fully saturated rings. The summed E-state index contributed by atoms with van der Waals surface area (Å²) in [5, 5.41) is 3.12. The summed E-state index contributed by atoms with van der Waals surface area (Å²) in [7, 11) is 0. The van der Waals surface area contributed by atoms with E-state index in [-0.39, 0.29) is 23.8 Å². The second kappa shape index (κ2) is 6.20. The summed E-state index contributed by atoms with van der Waals surface area (Å²) in [4.78, 5) is 33.9. The molecule has 3 rings (SSSR count). The molecule has 2 amide bonds. The van der Waals surface area contributed by atoms with Gasteiger partial charge in [0, 0.05) is 37.4 Å². The minimum atomic E-state index is -0.0770. The minimum absolute atomic E-state index is 0.0770. The van der Waals surface area contributed by atoms with Gasteiger partial charge in [-0.2, -0.15) is 0 Å². The maximum Gasteiger partial charge on any atom is 0.274 e. The van der Waals surface area contributed by atoms with Crippen LogP contribution in [0.5, 0.6) is 0 Å². The van der Waals surface area contributed by atoms with Crippen molar-refractivity contribution in [3.63, 3.8) is 0 Å². The lowest BCUT2D eigenvalue weighted by Crippen LogP contribution is -2.48. The molecule has 0 radical (unpaired) electrons. The van der Waals surface area contributed by atoms with E-state index < -0.39 is 0 Å². The number of nitrogens with one attached hydrogen (secondary N) is 1. The summed E-state index contributed by atoms with van der Waals surface area (Å²) in [6.45, 7) is 1.32. The Morgan fingerprint density at radius 2 is 1.90 bits per heavy atom. The Balaban J connectivity index is 1.48. The average Bonchev–Trinajstić information content (AvgIpc) is 2.46. The molecular weight excluding hydrogens is 268 g/mol. The molecule has 1 saturated heterocycles.